The number of ether oxygens (including phenoxy) is 1. The topological polar surface area (TPSA) is 61.0 Å². The molecule has 0 aliphatic heterocycles. The van der Waals surface area contributed by atoms with Gasteiger partial charge in [0, 0.05) is 17.8 Å². The summed E-state index contributed by atoms with van der Waals surface area (Å²) in [6.07, 6.45) is 0.677. The number of rotatable bonds is 3. The van der Waals surface area contributed by atoms with E-state index in [4.69, 9.17) is 10.5 Å². The van der Waals surface area contributed by atoms with Gasteiger partial charge in [-0.15, -0.1) is 0 Å². The summed E-state index contributed by atoms with van der Waals surface area (Å²) in [5, 5.41) is 0. The lowest BCUT2D eigenvalue weighted by Gasteiger charge is -2.07. The van der Waals surface area contributed by atoms with Gasteiger partial charge in [0.05, 0.1) is 12.8 Å². The first-order valence-corrected chi connectivity index (χ1v) is 5.82. The number of hydrogen-bond donors (Lipinski definition) is 1. The van der Waals surface area contributed by atoms with Crippen molar-refractivity contribution in [3.63, 3.8) is 0 Å². The molecule has 0 atom stereocenters. The Kier molecular flexibility index (Phi) is 3.46. The van der Waals surface area contributed by atoms with Crippen LogP contribution in [0.3, 0.4) is 0 Å². The lowest BCUT2D eigenvalue weighted by molar-refractivity contribution is 0.417. The molecule has 0 spiro atoms. The summed E-state index contributed by atoms with van der Waals surface area (Å²) in [4.78, 5) is 8.84. The summed E-state index contributed by atoms with van der Waals surface area (Å²) in [6, 6.07) is 7.72. The minimum atomic E-state index is 0.638. The summed E-state index contributed by atoms with van der Waals surface area (Å²) in [5.41, 5.74) is 9.57. The number of aromatic nitrogens is 2. The molecule has 0 aliphatic rings. The Balaban J connectivity index is 2.25. The van der Waals surface area contributed by atoms with E-state index in [0.29, 0.717) is 17.9 Å². The molecule has 0 amide bonds. The van der Waals surface area contributed by atoms with Crippen LogP contribution in [0, 0.1) is 13.8 Å². The molecule has 0 saturated carbocycles. The Labute approximate surface area is 107 Å². The number of methoxy groups -OCH3 is 1. The highest BCUT2D eigenvalue weighted by Crippen LogP contribution is 2.22. The minimum Gasteiger partial charge on any atom is -0.495 e. The maximum Gasteiger partial charge on any atom is 0.141 e. The van der Waals surface area contributed by atoms with Crippen molar-refractivity contribution in [2.45, 2.75) is 20.3 Å². The number of aryl methyl sites for hydroxylation is 2. The molecular formula is C14H17N3O. The zero-order valence-corrected chi connectivity index (χ0v) is 10.9. The molecule has 0 bridgehead atoms. The van der Waals surface area contributed by atoms with E-state index in [9.17, 15) is 0 Å². The predicted octanol–water partition coefficient (Wildman–Crippen LogP) is 2.28. The van der Waals surface area contributed by atoms with E-state index in [0.717, 1.165) is 22.8 Å². The highest BCUT2D eigenvalue weighted by atomic mass is 16.5. The third-order valence-corrected chi connectivity index (χ3v) is 2.68. The van der Waals surface area contributed by atoms with Gasteiger partial charge >= 0.3 is 0 Å². The zero-order chi connectivity index (χ0) is 13.1. The number of hydrogen-bond acceptors (Lipinski definition) is 4. The average Bonchev–Trinajstić information content (AvgIpc) is 2.27. The number of nitrogens with zero attached hydrogens (tertiary/aromatic N) is 2. The fourth-order valence-corrected chi connectivity index (χ4v) is 1.95. The second-order valence-corrected chi connectivity index (χ2v) is 4.32. The quantitative estimate of drug-likeness (QED) is 0.840. The third kappa shape index (κ3) is 2.77. The Morgan fingerprint density at radius 2 is 1.78 bits per heavy atom. The van der Waals surface area contributed by atoms with Crippen LogP contribution >= 0.6 is 0 Å². The molecule has 1 heterocycles. The molecule has 4 heteroatoms. The van der Waals surface area contributed by atoms with Crippen molar-refractivity contribution in [1.29, 1.82) is 0 Å². The highest BCUT2D eigenvalue weighted by Gasteiger charge is 2.04. The molecule has 0 saturated heterocycles. The molecule has 0 aliphatic carbocycles. The van der Waals surface area contributed by atoms with Crippen molar-refractivity contribution in [2.24, 2.45) is 0 Å². The fourth-order valence-electron chi connectivity index (χ4n) is 1.95. The highest BCUT2D eigenvalue weighted by molar-refractivity contribution is 5.54. The molecule has 1 aromatic heterocycles. The van der Waals surface area contributed by atoms with Gasteiger partial charge in [-0.2, -0.15) is 0 Å². The molecule has 2 aromatic rings. The fraction of sp³-hybridized carbons (Fsp3) is 0.286. The zero-order valence-electron chi connectivity index (χ0n) is 10.9. The summed E-state index contributed by atoms with van der Waals surface area (Å²) in [5.74, 6) is 1.51. The second kappa shape index (κ2) is 5.04. The van der Waals surface area contributed by atoms with Crippen LogP contribution in [0.15, 0.2) is 24.3 Å². The monoisotopic (exact) mass is 243 g/mol. The Morgan fingerprint density at radius 3 is 2.33 bits per heavy atom. The standard InChI is InChI=1S/C14H17N3O/c1-9-6-10(2)17-14(16-9)8-11-4-5-13(18-3)12(15)7-11/h4-7H,8,15H2,1-3H3. The van der Waals surface area contributed by atoms with Crippen LogP contribution in [0.4, 0.5) is 5.69 Å². The van der Waals surface area contributed by atoms with Gasteiger partial charge in [-0.3, -0.25) is 0 Å². The first-order valence-electron chi connectivity index (χ1n) is 5.82. The summed E-state index contributed by atoms with van der Waals surface area (Å²) in [7, 11) is 1.61. The van der Waals surface area contributed by atoms with Crippen LogP contribution < -0.4 is 10.5 Å². The first kappa shape index (κ1) is 12.4. The van der Waals surface area contributed by atoms with Crippen molar-refractivity contribution < 1.29 is 4.74 Å². The average molecular weight is 243 g/mol. The van der Waals surface area contributed by atoms with Gasteiger partial charge in [0.1, 0.15) is 11.6 Å². The minimum absolute atomic E-state index is 0.638. The van der Waals surface area contributed by atoms with Gasteiger partial charge in [0.2, 0.25) is 0 Å². The summed E-state index contributed by atoms with van der Waals surface area (Å²) >= 11 is 0. The SMILES string of the molecule is COc1ccc(Cc2nc(C)cc(C)n2)cc1N. The van der Waals surface area contributed by atoms with Crippen LogP contribution in [0.25, 0.3) is 0 Å². The van der Waals surface area contributed by atoms with Crippen LogP contribution in [0.1, 0.15) is 22.8 Å². The molecule has 2 rings (SSSR count). The number of anilines is 1. The Morgan fingerprint density at radius 1 is 1.11 bits per heavy atom. The van der Waals surface area contributed by atoms with Gasteiger partial charge in [-0.1, -0.05) is 6.07 Å². The molecule has 18 heavy (non-hydrogen) atoms. The van der Waals surface area contributed by atoms with E-state index in [1.807, 2.05) is 38.1 Å². The van der Waals surface area contributed by atoms with Crippen LogP contribution in [-0.2, 0) is 6.42 Å². The molecule has 0 unspecified atom stereocenters. The number of benzene rings is 1. The van der Waals surface area contributed by atoms with Gasteiger partial charge in [-0.25, -0.2) is 9.97 Å². The van der Waals surface area contributed by atoms with Crippen molar-refractivity contribution >= 4 is 5.69 Å². The normalized spacial score (nSPS) is 10.4. The molecule has 2 N–H and O–H groups in total. The van der Waals surface area contributed by atoms with E-state index in [1.54, 1.807) is 7.11 Å². The molecule has 1 aromatic carbocycles. The van der Waals surface area contributed by atoms with Crippen molar-refractivity contribution in [1.82, 2.24) is 9.97 Å². The summed E-state index contributed by atoms with van der Waals surface area (Å²) in [6.45, 7) is 3.95. The van der Waals surface area contributed by atoms with E-state index >= 15 is 0 Å². The van der Waals surface area contributed by atoms with Gasteiger partial charge in [0.25, 0.3) is 0 Å². The van der Waals surface area contributed by atoms with Crippen LogP contribution in [0.5, 0.6) is 5.75 Å². The van der Waals surface area contributed by atoms with Crippen molar-refractivity contribution in [3.05, 3.63) is 47.0 Å². The number of nitrogen functional groups attached to an aromatic ring is 1. The molecular weight excluding hydrogens is 226 g/mol. The Hall–Kier alpha value is -2.10. The maximum absolute atomic E-state index is 5.88. The maximum atomic E-state index is 5.88. The van der Waals surface area contributed by atoms with E-state index < -0.39 is 0 Å². The predicted molar refractivity (Wildman–Crippen MR) is 71.7 cm³/mol. The lowest BCUT2D eigenvalue weighted by Crippen LogP contribution is -2.01. The smallest absolute Gasteiger partial charge is 0.141 e. The second-order valence-electron chi connectivity index (χ2n) is 4.32. The van der Waals surface area contributed by atoms with Gasteiger partial charge in [0.15, 0.2) is 0 Å². The molecule has 0 fully saturated rings. The first-order chi connectivity index (χ1) is 8.58. The van der Waals surface area contributed by atoms with Crippen LogP contribution in [-0.4, -0.2) is 17.1 Å². The summed E-state index contributed by atoms with van der Waals surface area (Å²) < 4.78 is 5.13. The van der Waals surface area contributed by atoms with Gasteiger partial charge in [-0.05, 0) is 37.6 Å². The van der Waals surface area contributed by atoms with Gasteiger partial charge < -0.3 is 10.5 Å². The largest absolute Gasteiger partial charge is 0.495 e. The lowest BCUT2D eigenvalue weighted by atomic mass is 10.1. The van der Waals surface area contributed by atoms with E-state index in [-0.39, 0.29) is 0 Å². The third-order valence-electron chi connectivity index (χ3n) is 2.68. The van der Waals surface area contributed by atoms with E-state index in [2.05, 4.69) is 9.97 Å². The Bertz CT molecular complexity index is 547. The van der Waals surface area contributed by atoms with Crippen LogP contribution in [0.2, 0.25) is 0 Å². The van der Waals surface area contributed by atoms with Crippen molar-refractivity contribution in [3.8, 4) is 5.75 Å². The molecule has 4 nitrogen and oxygen atoms in total. The van der Waals surface area contributed by atoms with Crippen molar-refractivity contribution in [2.75, 3.05) is 12.8 Å². The molecule has 0 radical (unpaired) electrons. The number of nitrogens with two attached hydrogens (primary N) is 1. The van der Waals surface area contributed by atoms with E-state index in [1.165, 1.54) is 0 Å². The molecule has 94 valence electrons.